The SMILES string of the molecule is N#Cc1ccc2c(C3CCN(C(=O)O)CC3)cccc2c1. The number of rotatable bonds is 1. The van der Waals surface area contributed by atoms with Gasteiger partial charge in [0.15, 0.2) is 0 Å². The Labute approximate surface area is 123 Å². The van der Waals surface area contributed by atoms with Crippen LogP contribution in [-0.4, -0.2) is 29.2 Å². The third-order valence-electron chi connectivity index (χ3n) is 4.25. The van der Waals surface area contributed by atoms with Crippen LogP contribution in [0.4, 0.5) is 4.79 Å². The van der Waals surface area contributed by atoms with Crippen molar-refractivity contribution in [3.05, 3.63) is 47.5 Å². The second-order valence-electron chi connectivity index (χ2n) is 5.44. The largest absolute Gasteiger partial charge is 0.465 e. The van der Waals surface area contributed by atoms with Crippen LogP contribution in [0.25, 0.3) is 10.8 Å². The number of carbonyl (C=O) groups is 1. The second-order valence-corrected chi connectivity index (χ2v) is 5.44. The molecule has 106 valence electrons. The molecule has 0 unspecified atom stereocenters. The van der Waals surface area contributed by atoms with Gasteiger partial charge >= 0.3 is 6.09 Å². The van der Waals surface area contributed by atoms with Gasteiger partial charge in [0.05, 0.1) is 11.6 Å². The molecule has 0 aliphatic carbocycles. The van der Waals surface area contributed by atoms with E-state index >= 15 is 0 Å². The number of piperidine rings is 1. The van der Waals surface area contributed by atoms with Crippen LogP contribution in [0, 0.1) is 11.3 Å². The van der Waals surface area contributed by atoms with E-state index in [9.17, 15) is 4.79 Å². The molecule has 0 atom stereocenters. The number of nitrogens with zero attached hydrogens (tertiary/aromatic N) is 2. The molecule has 1 aliphatic heterocycles. The fourth-order valence-electron chi connectivity index (χ4n) is 3.12. The lowest BCUT2D eigenvalue weighted by Crippen LogP contribution is -2.36. The number of benzene rings is 2. The summed E-state index contributed by atoms with van der Waals surface area (Å²) in [6.45, 7) is 1.18. The first-order chi connectivity index (χ1) is 10.2. The maximum absolute atomic E-state index is 11.0. The zero-order valence-electron chi connectivity index (χ0n) is 11.6. The fraction of sp³-hybridized carbons (Fsp3) is 0.294. The van der Waals surface area contributed by atoms with Crippen LogP contribution >= 0.6 is 0 Å². The molecule has 0 aromatic heterocycles. The van der Waals surface area contributed by atoms with E-state index < -0.39 is 6.09 Å². The minimum atomic E-state index is -0.829. The third kappa shape index (κ3) is 2.55. The molecular formula is C17H16N2O2. The van der Waals surface area contributed by atoms with Crippen LogP contribution in [0.5, 0.6) is 0 Å². The van der Waals surface area contributed by atoms with Crippen molar-refractivity contribution in [1.82, 2.24) is 4.90 Å². The molecule has 21 heavy (non-hydrogen) atoms. The summed E-state index contributed by atoms with van der Waals surface area (Å²) in [5.41, 5.74) is 1.93. The molecule has 1 N–H and O–H groups in total. The highest BCUT2D eigenvalue weighted by Crippen LogP contribution is 2.33. The molecule has 0 saturated carbocycles. The van der Waals surface area contributed by atoms with Crippen molar-refractivity contribution in [1.29, 1.82) is 5.26 Å². The van der Waals surface area contributed by atoms with Crippen molar-refractivity contribution in [3.63, 3.8) is 0 Å². The number of fused-ring (bicyclic) bond motifs is 1. The van der Waals surface area contributed by atoms with Crippen LogP contribution in [0.1, 0.15) is 29.9 Å². The summed E-state index contributed by atoms with van der Waals surface area (Å²) in [5.74, 6) is 0.386. The van der Waals surface area contributed by atoms with Gasteiger partial charge in [-0.25, -0.2) is 4.79 Å². The van der Waals surface area contributed by atoms with E-state index in [-0.39, 0.29) is 0 Å². The molecule has 0 spiro atoms. The highest BCUT2D eigenvalue weighted by Gasteiger charge is 2.24. The normalized spacial score (nSPS) is 15.9. The number of likely N-dealkylation sites (tertiary alicyclic amines) is 1. The molecule has 1 saturated heterocycles. The quantitative estimate of drug-likeness (QED) is 0.868. The monoisotopic (exact) mass is 280 g/mol. The van der Waals surface area contributed by atoms with Crippen LogP contribution in [0.2, 0.25) is 0 Å². The van der Waals surface area contributed by atoms with Crippen molar-refractivity contribution in [3.8, 4) is 6.07 Å². The van der Waals surface area contributed by atoms with Gasteiger partial charge in [0.2, 0.25) is 0 Å². The molecule has 4 heteroatoms. The van der Waals surface area contributed by atoms with Crippen molar-refractivity contribution >= 4 is 16.9 Å². The predicted octanol–water partition coefficient (Wildman–Crippen LogP) is 3.57. The van der Waals surface area contributed by atoms with Crippen LogP contribution < -0.4 is 0 Å². The molecule has 0 bridgehead atoms. The fourth-order valence-corrected chi connectivity index (χ4v) is 3.12. The van der Waals surface area contributed by atoms with Crippen LogP contribution in [0.15, 0.2) is 36.4 Å². The first-order valence-corrected chi connectivity index (χ1v) is 7.09. The van der Waals surface area contributed by atoms with E-state index in [2.05, 4.69) is 12.1 Å². The summed E-state index contributed by atoms with van der Waals surface area (Å²) >= 11 is 0. The van der Waals surface area contributed by atoms with Gasteiger partial charge in [0.25, 0.3) is 0 Å². The summed E-state index contributed by atoms with van der Waals surface area (Å²) in [7, 11) is 0. The average Bonchev–Trinajstić information content (AvgIpc) is 2.53. The standard InChI is InChI=1S/C17H16N2O2/c18-11-12-4-5-16-14(10-12)2-1-3-15(16)13-6-8-19(9-7-13)17(20)21/h1-5,10,13H,6-9H2,(H,20,21). The topological polar surface area (TPSA) is 64.3 Å². The Morgan fingerprint density at radius 1 is 1.24 bits per heavy atom. The molecule has 1 fully saturated rings. The zero-order chi connectivity index (χ0) is 14.8. The van der Waals surface area contributed by atoms with E-state index in [1.165, 1.54) is 15.8 Å². The average molecular weight is 280 g/mol. The van der Waals surface area contributed by atoms with E-state index in [1.54, 1.807) is 0 Å². The minimum absolute atomic E-state index is 0.386. The van der Waals surface area contributed by atoms with E-state index in [4.69, 9.17) is 10.4 Å². The summed E-state index contributed by atoms with van der Waals surface area (Å²) < 4.78 is 0. The molecule has 3 rings (SSSR count). The van der Waals surface area contributed by atoms with E-state index in [1.807, 2.05) is 30.3 Å². The minimum Gasteiger partial charge on any atom is -0.465 e. The molecule has 1 heterocycles. The van der Waals surface area contributed by atoms with Gasteiger partial charge in [-0.05, 0) is 47.2 Å². The maximum Gasteiger partial charge on any atom is 0.407 e. The molecule has 0 radical (unpaired) electrons. The highest BCUT2D eigenvalue weighted by molar-refractivity contribution is 5.87. The summed E-state index contributed by atoms with van der Waals surface area (Å²) in [6, 6.07) is 14.1. The Balaban J connectivity index is 1.91. The van der Waals surface area contributed by atoms with Gasteiger partial charge in [-0.3, -0.25) is 0 Å². The molecule has 1 amide bonds. The van der Waals surface area contributed by atoms with Crippen molar-refractivity contribution in [2.24, 2.45) is 0 Å². The summed E-state index contributed by atoms with van der Waals surface area (Å²) in [5, 5.41) is 20.3. The number of nitriles is 1. The van der Waals surface area contributed by atoms with Gasteiger partial charge in [0.1, 0.15) is 0 Å². The van der Waals surface area contributed by atoms with Crippen molar-refractivity contribution in [2.75, 3.05) is 13.1 Å². The lowest BCUT2D eigenvalue weighted by molar-refractivity contribution is 0.132. The van der Waals surface area contributed by atoms with Gasteiger partial charge in [-0.2, -0.15) is 5.26 Å². The summed E-state index contributed by atoms with van der Waals surface area (Å²) in [4.78, 5) is 12.5. The Bertz CT molecular complexity index is 725. The Hall–Kier alpha value is -2.54. The van der Waals surface area contributed by atoms with Crippen molar-refractivity contribution < 1.29 is 9.90 Å². The summed E-state index contributed by atoms with van der Waals surface area (Å²) in [6.07, 6.45) is 0.877. The smallest absolute Gasteiger partial charge is 0.407 e. The Morgan fingerprint density at radius 2 is 2.00 bits per heavy atom. The highest BCUT2D eigenvalue weighted by atomic mass is 16.4. The van der Waals surface area contributed by atoms with Gasteiger partial charge < -0.3 is 10.0 Å². The first kappa shape index (κ1) is 13.4. The van der Waals surface area contributed by atoms with Crippen LogP contribution in [0.3, 0.4) is 0 Å². The third-order valence-corrected chi connectivity index (χ3v) is 4.25. The van der Waals surface area contributed by atoms with Gasteiger partial charge in [0, 0.05) is 13.1 Å². The molecular weight excluding hydrogens is 264 g/mol. The number of hydrogen-bond acceptors (Lipinski definition) is 2. The molecule has 2 aromatic rings. The van der Waals surface area contributed by atoms with Gasteiger partial charge in [-0.1, -0.05) is 24.3 Å². The number of carboxylic acid groups (broad SMARTS) is 1. The number of amides is 1. The van der Waals surface area contributed by atoms with Crippen molar-refractivity contribution in [2.45, 2.75) is 18.8 Å². The van der Waals surface area contributed by atoms with E-state index in [0.29, 0.717) is 24.6 Å². The van der Waals surface area contributed by atoms with Gasteiger partial charge in [-0.15, -0.1) is 0 Å². The zero-order valence-corrected chi connectivity index (χ0v) is 11.6. The Morgan fingerprint density at radius 3 is 2.67 bits per heavy atom. The Kier molecular flexibility index (Phi) is 3.49. The first-order valence-electron chi connectivity index (χ1n) is 7.09. The number of hydrogen-bond donors (Lipinski definition) is 1. The van der Waals surface area contributed by atoms with Crippen LogP contribution in [-0.2, 0) is 0 Å². The maximum atomic E-state index is 11.0. The van der Waals surface area contributed by atoms with E-state index in [0.717, 1.165) is 18.2 Å². The molecule has 2 aromatic carbocycles. The second kappa shape index (κ2) is 5.45. The lowest BCUT2D eigenvalue weighted by atomic mass is 9.86. The predicted molar refractivity (Wildman–Crippen MR) is 80.2 cm³/mol. The molecule has 4 nitrogen and oxygen atoms in total. The molecule has 1 aliphatic rings. The lowest BCUT2D eigenvalue weighted by Gasteiger charge is -2.30.